The van der Waals surface area contributed by atoms with E-state index in [9.17, 15) is 18.4 Å². The Hall–Kier alpha value is -3.59. The zero-order chi connectivity index (χ0) is 21.4. The van der Waals surface area contributed by atoms with Gasteiger partial charge in [-0.25, -0.2) is 18.6 Å². The third kappa shape index (κ3) is 3.43. The summed E-state index contributed by atoms with van der Waals surface area (Å²) < 4.78 is 34.5. The molecule has 0 saturated carbocycles. The van der Waals surface area contributed by atoms with Gasteiger partial charge in [-0.2, -0.15) is 0 Å². The number of hydrogen-bond acceptors (Lipinski definition) is 7. The van der Waals surface area contributed by atoms with Crippen molar-refractivity contribution >= 4 is 23.4 Å². The number of rotatable bonds is 5. The SMILES string of the molecule is C[C@H](Nc1ccc2c(c1)OCCn1cc(N3C(=C=O)NC[C@H]3C(F)F)nc1-2)C(N)=O. The zero-order valence-corrected chi connectivity index (χ0v) is 16.1. The molecule has 1 aromatic carbocycles. The Bertz CT molecular complexity index is 1030. The molecule has 0 spiro atoms. The molecule has 1 saturated heterocycles. The second kappa shape index (κ2) is 7.68. The van der Waals surface area contributed by atoms with Gasteiger partial charge in [0.05, 0.1) is 12.1 Å². The number of carbonyl (C=O) groups is 1. The number of nitrogens with two attached hydrogens (primary N) is 1. The van der Waals surface area contributed by atoms with E-state index in [1.807, 2.05) is 0 Å². The van der Waals surface area contributed by atoms with Gasteiger partial charge in [-0.05, 0) is 19.1 Å². The topological polar surface area (TPSA) is 115 Å². The lowest BCUT2D eigenvalue weighted by molar-refractivity contribution is -0.118. The average molecular weight is 418 g/mol. The number of hydrogen-bond donors (Lipinski definition) is 3. The molecule has 2 aromatic rings. The van der Waals surface area contributed by atoms with Crippen molar-refractivity contribution in [2.45, 2.75) is 32.0 Å². The van der Waals surface area contributed by atoms with Gasteiger partial charge in [-0.15, -0.1) is 0 Å². The van der Waals surface area contributed by atoms with Crippen molar-refractivity contribution in [1.29, 1.82) is 0 Å². The number of nitrogens with zero attached hydrogens (tertiary/aromatic N) is 3. The summed E-state index contributed by atoms with van der Waals surface area (Å²) in [7, 11) is 0. The van der Waals surface area contributed by atoms with Gasteiger partial charge in [-0.1, -0.05) is 0 Å². The average Bonchev–Trinajstić information content (AvgIpc) is 3.28. The van der Waals surface area contributed by atoms with Crippen LogP contribution >= 0.6 is 0 Å². The first-order chi connectivity index (χ1) is 14.4. The van der Waals surface area contributed by atoms with E-state index < -0.39 is 24.4 Å². The third-order valence-electron chi connectivity index (χ3n) is 5.07. The first-order valence-electron chi connectivity index (χ1n) is 9.35. The first-order valence-corrected chi connectivity index (χ1v) is 9.35. The van der Waals surface area contributed by atoms with Gasteiger partial charge in [-0.3, -0.25) is 9.69 Å². The van der Waals surface area contributed by atoms with Crippen LogP contribution < -0.4 is 26.0 Å². The Morgan fingerprint density at radius 1 is 1.47 bits per heavy atom. The molecule has 0 radical (unpaired) electrons. The molecule has 1 amide bonds. The van der Waals surface area contributed by atoms with Crippen molar-refractivity contribution in [2.24, 2.45) is 5.73 Å². The second-order valence-electron chi connectivity index (χ2n) is 7.05. The molecule has 4 N–H and O–H groups in total. The van der Waals surface area contributed by atoms with Crippen molar-refractivity contribution in [2.75, 3.05) is 23.4 Å². The number of alkyl halides is 2. The molecular formula is C19H20F2N6O3. The highest BCUT2D eigenvalue weighted by Crippen LogP contribution is 2.37. The quantitative estimate of drug-likeness (QED) is 0.620. The molecular weight excluding hydrogens is 398 g/mol. The number of carbonyl (C=O) groups excluding carboxylic acids is 2. The van der Waals surface area contributed by atoms with E-state index in [1.54, 1.807) is 41.8 Å². The third-order valence-corrected chi connectivity index (χ3v) is 5.07. The van der Waals surface area contributed by atoms with E-state index in [-0.39, 0.29) is 18.2 Å². The Kier molecular flexibility index (Phi) is 5.04. The fraction of sp³-hybridized carbons (Fsp3) is 0.368. The van der Waals surface area contributed by atoms with Crippen molar-refractivity contribution in [1.82, 2.24) is 14.9 Å². The summed E-state index contributed by atoms with van der Waals surface area (Å²) in [5, 5.41) is 5.64. The molecule has 2 atom stereocenters. The molecule has 3 heterocycles. The second-order valence-corrected chi connectivity index (χ2v) is 7.05. The molecule has 11 heteroatoms. The summed E-state index contributed by atoms with van der Waals surface area (Å²) in [5.41, 5.74) is 6.60. The highest BCUT2D eigenvalue weighted by molar-refractivity contribution is 5.83. The Labute approximate surface area is 170 Å². The van der Waals surface area contributed by atoms with E-state index >= 15 is 0 Å². The molecule has 30 heavy (non-hydrogen) atoms. The minimum atomic E-state index is -2.67. The number of aromatic nitrogens is 2. The van der Waals surface area contributed by atoms with Gasteiger partial charge >= 0.3 is 0 Å². The van der Waals surface area contributed by atoms with Gasteiger partial charge in [0, 0.05) is 24.5 Å². The number of halogens is 2. The predicted octanol–water partition coefficient (Wildman–Crippen LogP) is 0.944. The van der Waals surface area contributed by atoms with Gasteiger partial charge in [0.2, 0.25) is 5.91 Å². The number of anilines is 2. The maximum atomic E-state index is 13.5. The molecule has 4 rings (SSSR count). The lowest BCUT2D eigenvalue weighted by Gasteiger charge is -2.21. The predicted molar refractivity (Wildman–Crippen MR) is 105 cm³/mol. The van der Waals surface area contributed by atoms with Crippen LogP contribution in [0.2, 0.25) is 0 Å². The van der Waals surface area contributed by atoms with Crippen LogP contribution in [0.25, 0.3) is 11.4 Å². The monoisotopic (exact) mass is 418 g/mol. The largest absolute Gasteiger partial charge is 0.491 e. The van der Waals surface area contributed by atoms with Gasteiger partial charge < -0.3 is 25.7 Å². The number of nitrogens with one attached hydrogen (secondary N) is 2. The fourth-order valence-corrected chi connectivity index (χ4v) is 3.51. The van der Waals surface area contributed by atoms with Gasteiger partial charge in [0.25, 0.3) is 6.43 Å². The summed E-state index contributed by atoms with van der Waals surface area (Å²) in [6.07, 6.45) is -1.05. The molecule has 2 aliphatic rings. The number of amides is 1. The van der Waals surface area contributed by atoms with Crippen molar-refractivity contribution in [3.05, 3.63) is 30.2 Å². The van der Waals surface area contributed by atoms with E-state index in [0.717, 1.165) is 0 Å². The van der Waals surface area contributed by atoms with Gasteiger partial charge in [0.1, 0.15) is 30.3 Å². The number of benzene rings is 1. The van der Waals surface area contributed by atoms with E-state index in [2.05, 4.69) is 15.6 Å². The Morgan fingerprint density at radius 3 is 2.97 bits per heavy atom. The van der Waals surface area contributed by atoms with Crippen molar-refractivity contribution in [3.8, 4) is 17.1 Å². The molecule has 9 nitrogen and oxygen atoms in total. The number of imidazole rings is 1. The summed E-state index contributed by atoms with van der Waals surface area (Å²) in [4.78, 5) is 28.2. The zero-order valence-electron chi connectivity index (χ0n) is 16.1. The Balaban J connectivity index is 1.71. The van der Waals surface area contributed by atoms with Crippen molar-refractivity contribution < 1.29 is 23.1 Å². The van der Waals surface area contributed by atoms with Crippen molar-refractivity contribution in [3.63, 3.8) is 0 Å². The van der Waals surface area contributed by atoms with Crippen LogP contribution in [0.1, 0.15) is 6.92 Å². The van der Waals surface area contributed by atoms with Crippen LogP contribution in [0.5, 0.6) is 5.75 Å². The Morgan fingerprint density at radius 2 is 2.27 bits per heavy atom. The standard InChI is InChI=1S/C19H20F2N6O3/c1-10(18(22)29)24-11-2-3-12-14(6-11)30-5-4-26-8-15(25-19(12)26)27-13(17(20)21)7-23-16(27)9-28/h2-3,6,8,10,13,17,23-24H,4-5,7H2,1H3,(H2,22,29)/t10-,13-/m0/s1. The van der Waals surface area contributed by atoms with Crippen LogP contribution in [0.3, 0.4) is 0 Å². The molecule has 1 aromatic heterocycles. The molecule has 0 bridgehead atoms. The molecule has 158 valence electrons. The van der Waals surface area contributed by atoms with E-state index in [0.29, 0.717) is 36.0 Å². The summed E-state index contributed by atoms with van der Waals surface area (Å²) in [6, 6.07) is 3.47. The van der Waals surface area contributed by atoms with Gasteiger partial charge in [0.15, 0.2) is 17.6 Å². The normalized spacial score (nSPS) is 18.6. The molecule has 1 fully saturated rings. The number of ether oxygens (including phenoxy) is 1. The molecule has 0 unspecified atom stereocenters. The molecule has 2 aliphatic heterocycles. The summed E-state index contributed by atoms with van der Waals surface area (Å²) in [6.45, 7) is 2.35. The number of primary amides is 1. The van der Waals surface area contributed by atoms with Crippen LogP contribution in [0.4, 0.5) is 20.3 Å². The summed E-state index contributed by atoms with van der Waals surface area (Å²) in [5.74, 6) is 2.41. The lowest BCUT2D eigenvalue weighted by Crippen LogP contribution is -2.36. The summed E-state index contributed by atoms with van der Waals surface area (Å²) >= 11 is 0. The van der Waals surface area contributed by atoms with Crippen LogP contribution in [0.15, 0.2) is 30.2 Å². The molecule has 0 aliphatic carbocycles. The highest BCUT2D eigenvalue weighted by atomic mass is 19.3. The van der Waals surface area contributed by atoms with Crippen LogP contribution in [0, 0.1) is 0 Å². The first kappa shape index (κ1) is 19.7. The fourth-order valence-electron chi connectivity index (χ4n) is 3.51. The smallest absolute Gasteiger partial charge is 0.260 e. The van der Waals surface area contributed by atoms with E-state index in [4.69, 9.17) is 10.5 Å². The maximum Gasteiger partial charge on any atom is 0.260 e. The maximum absolute atomic E-state index is 13.5. The minimum absolute atomic E-state index is 0.0648. The van der Waals surface area contributed by atoms with E-state index in [1.165, 1.54) is 4.90 Å². The van der Waals surface area contributed by atoms with Crippen LogP contribution in [-0.2, 0) is 16.1 Å². The minimum Gasteiger partial charge on any atom is -0.491 e. The highest BCUT2D eigenvalue weighted by Gasteiger charge is 2.38. The van der Waals surface area contributed by atoms with Crippen LogP contribution in [-0.4, -0.2) is 53.1 Å². The lowest BCUT2D eigenvalue weighted by atomic mass is 10.1. The number of fused-ring (bicyclic) bond motifs is 3.